The molecule has 0 spiro atoms. The molecule has 0 fully saturated rings. The van der Waals surface area contributed by atoms with Gasteiger partial charge in [0, 0.05) is 26.0 Å². The lowest BCUT2D eigenvalue weighted by Crippen LogP contribution is -2.23. The summed E-state index contributed by atoms with van der Waals surface area (Å²) in [5, 5.41) is 0. The molecule has 1 aliphatic rings. The average Bonchev–Trinajstić information content (AvgIpc) is 2.81. The third kappa shape index (κ3) is 11.8. The Morgan fingerprint density at radius 2 is 1.71 bits per heavy atom. The predicted octanol–water partition coefficient (Wildman–Crippen LogP) is 3.40. The van der Waals surface area contributed by atoms with Gasteiger partial charge in [-0.15, -0.1) is 0 Å². The first-order valence-electron chi connectivity index (χ1n) is 7.69. The molecule has 0 unspecified atom stereocenters. The molecule has 0 amide bonds. The molecule has 1 aliphatic heterocycles. The van der Waals surface area contributed by atoms with Crippen LogP contribution in [0, 0.1) is 0 Å². The van der Waals surface area contributed by atoms with Gasteiger partial charge in [-0.2, -0.15) is 0 Å². The molecule has 6 nitrogen and oxygen atoms in total. The molecule has 126 valence electrons. The van der Waals surface area contributed by atoms with E-state index in [-0.39, 0.29) is 13.2 Å². The van der Waals surface area contributed by atoms with Crippen LogP contribution < -0.4 is 0 Å². The minimum Gasteiger partial charge on any atom is -0.362 e. The van der Waals surface area contributed by atoms with Crippen molar-refractivity contribution in [1.82, 2.24) is 9.80 Å². The van der Waals surface area contributed by atoms with E-state index in [0.29, 0.717) is 0 Å². The van der Waals surface area contributed by atoms with Crippen molar-refractivity contribution in [3.05, 3.63) is 12.4 Å². The van der Waals surface area contributed by atoms with E-state index in [2.05, 4.69) is 45.2 Å². The van der Waals surface area contributed by atoms with Crippen LogP contribution in [0.25, 0.3) is 0 Å². The molecule has 0 aliphatic carbocycles. The molecule has 1 N–H and O–H groups in total. The summed E-state index contributed by atoms with van der Waals surface area (Å²) in [4.78, 5) is 13.2. The molecular formula is C14H31N2O4P. The molecule has 21 heavy (non-hydrogen) atoms. The smallest absolute Gasteiger partial charge is 0.362 e. The summed E-state index contributed by atoms with van der Waals surface area (Å²) in [6, 6.07) is 0. The van der Waals surface area contributed by atoms with Gasteiger partial charge in [-0.3, -0.25) is 9.05 Å². The fourth-order valence-corrected chi connectivity index (χ4v) is 2.57. The fourth-order valence-electron chi connectivity index (χ4n) is 1.84. The molecule has 0 aromatic rings. The van der Waals surface area contributed by atoms with Crippen molar-refractivity contribution in [2.75, 3.05) is 33.5 Å². The summed E-state index contributed by atoms with van der Waals surface area (Å²) in [7, 11) is -1.58. The van der Waals surface area contributed by atoms with Gasteiger partial charge in [-0.05, 0) is 20.3 Å². The first-order valence-corrected chi connectivity index (χ1v) is 9.19. The van der Waals surface area contributed by atoms with Crippen LogP contribution in [0.15, 0.2) is 12.4 Å². The molecule has 0 bridgehead atoms. The first-order chi connectivity index (χ1) is 9.95. The number of nitrogens with zero attached hydrogens (tertiary/aromatic N) is 2. The molecule has 0 saturated heterocycles. The number of phosphoric ester groups is 1. The average molecular weight is 322 g/mol. The Balaban J connectivity index is 0.000000400. The number of hydrogen-bond acceptors (Lipinski definition) is 5. The van der Waals surface area contributed by atoms with Crippen LogP contribution in [0.4, 0.5) is 0 Å². The third-order valence-corrected chi connectivity index (χ3v) is 3.99. The number of unbranched alkanes of at least 4 members (excludes halogenated alkanes) is 3. The van der Waals surface area contributed by atoms with Crippen LogP contribution in [0.5, 0.6) is 0 Å². The summed E-state index contributed by atoms with van der Waals surface area (Å²) in [6.45, 7) is 8.18. The van der Waals surface area contributed by atoms with Gasteiger partial charge in [0.25, 0.3) is 0 Å². The number of phosphoric acid groups is 1. The summed E-state index contributed by atoms with van der Waals surface area (Å²) >= 11 is 0. The largest absolute Gasteiger partial charge is 0.472 e. The lowest BCUT2D eigenvalue weighted by atomic mass is 10.2. The zero-order chi connectivity index (χ0) is 16.1. The van der Waals surface area contributed by atoms with E-state index in [1.165, 1.54) is 32.2 Å². The zero-order valence-electron chi connectivity index (χ0n) is 13.8. The van der Waals surface area contributed by atoms with E-state index in [4.69, 9.17) is 4.89 Å². The Bertz CT molecular complexity index is 316. The van der Waals surface area contributed by atoms with E-state index in [0.717, 1.165) is 6.67 Å². The van der Waals surface area contributed by atoms with Crippen molar-refractivity contribution < 1.29 is 18.5 Å². The Kier molecular flexibility index (Phi) is 11.7. The number of hydrogen-bond donors (Lipinski definition) is 1. The zero-order valence-corrected chi connectivity index (χ0v) is 14.7. The lowest BCUT2D eigenvalue weighted by Gasteiger charge is -2.17. The molecule has 1 heterocycles. The molecule has 7 heteroatoms. The Labute approximate surface area is 129 Å². The maximum Gasteiger partial charge on any atom is 0.472 e. The van der Waals surface area contributed by atoms with Gasteiger partial charge in [-0.25, -0.2) is 4.57 Å². The summed E-state index contributed by atoms with van der Waals surface area (Å²) in [5.41, 5.74) is 0. The van der Waals surface area contributed by atoms with Gasteiger partial charge in [0.15, 0.2) is 0 Å². The molecule has 0 aromatic carbocycles. The monoisotopic (exact) mass is 322 g/mol. The lowest BCUT2D eigenvalue weighted by molar-refractivity contribution is 0.161. The van der Waals surface area contributed by atoms with Gasteiger partial charge in [0.05, 0.1) is 19.9 Å². The molecule has 0 aromatic heterocycles. The normalized spacial score (nSPS) is 14.3. The van der Waals surface area contributed by atoms with Crippen LogP contribution >= 0.6 is 7.82 Å². The van der Waals surface area contributed by atoms with Gasteiger partial charge < -0.3 is 14.7 Å². The Morgan fingerprint density at radius 1 is 1.10 bits per heavy atom. The van der Waals surface area contributed by atoms with Gasteiger partial charge in [0.2, 0.25) is 0 Å². The summed E-state index contributed by atoms with van der Waals surface area (Å²) < 4.78 is 19.2. The molecule has 0 atom stereocenters. The molecule has 0 radical (unpaired) electrons. The van der Waals surface area contributed by atoms with Gasteiger partial charge in [0.1, 0.15) is 0 Å². The van der Waals surface area contributed by atoms with Crippen LogP contribution in [0.2, 0.25) is 0 Å². The van der Waals surface area contributed by atoms with E-state index >= 15 is 0 Å². The Morgan fingerprint density at radius 3 is 2.14 bits per heavy atom. The van der Waals surface area contributed by atoms with Crippen LogP contribution in [-0.4, -0.2) is 48.2 Å². The second-order valence-electron chi connectivity index (χ2n) is 4.87. The maximum atomic E-state index is 10.5. The predicted molar refractivity (Wildman–Crippen MR) is 85.7 cm³/mol. The van der Waals surface area contributed by atoms with Gasteiger partial charge in [-0.1, -0.05) is 26.2 Å². The van der Waals surface area contributed by atoms with E-state index < -0.39 is 7.82 Å². The maximum absolute atomic E-state index is 10.5. The van der Waals surface area contributed by atoms with Crippen LogP contribution in [0.3, 0.4) is 0 Å². The second-order valence-corrected chi connectivity index (χ2v) is 6.33. The van der Waals surface area contributed by atoms with Crippen LogP contribution in [-0.2, 0) is 13.6 Å². The van der Waals surface area contributed by atoms with Crippen molar-refractivity contribution in [3.8, 4) is 0 Å². The second kappa shape index (κ2) is 12.0. The third-order valence-electron chi connectivity index (χ3n) is 2.82. The van der Waals surface area contributed by atoms with Crippen molar-refractivity contribution in [1.29, 1.82) is 0 Å². The first kappa shape index (κ1) is 20.5. The quantitative estimate of drug-likeness (QED) is 0.518. The van der Waals surface area contributed by atoms with E-state index in [1.807, 2.05) is 0 Å². The van der Waals surface area contributed by atoms with Crippen molar-refractivity contribution in [3.63, 3.8) is 0 Å². The highest BCUT2D eigenvalue weighted by Gasteiger charge is 2.17. The standard InChI is InChI=1S/C10H20N2.C4H11O4P/c1-3-4-5-6-7-12-9-8-11(2)10-12;1-3-7-9(5,6)8-4-2/h8-9H,3-7,10H2,1-2H3;3-4H2,1-2H3,(H,5,6). The summed E-state index contributed by atoms with van der Waals surface area (Å²) in [5.74, 6) is 0. The fraction of sp³-hybridized carbons (Fsp3) is 0.857. The van der Waals surface area contributed by atoms with Crippen LogP contribution in [0.1, 0.15) is 46.5 Å². The highest BCUT2D eigenvalue weighted by Crippen LogP contribution is 2.42. The van der Waals surface area contributed by atoms with Gasteiger partial charge >= 0.3 is 7.82 Å². The Hall–Kier alpha value is -0.550. The number of rotatable bonds is 9. The highest BCUT2D eigenvalue weighted by molar-refractivity contribution is 7.47. The topological polar surface area (TPSA) is 62.2 Å². The summed E-state index contributed by atoms with van der Waals surface area (Å²) in [6.07, 6.45) is 9.76. The highest BCUT2D eigenvalue weighted by atomic mass is 31.2. The minimum atomic E-state index is -3.69. The molecule has 0 saturated carbocycles. The van der Waals surface area contributed by atoms with Crippen molar-refractivity contribution in [2.24, 2.45) is 0 Å². The molecule has 1 rings (SSSR count). The minimum absolute atomic E-state index is 0.188. The van der Waals surface area contributed by atoms with Crippen molar-refractivity contribution >= 4 is 7.82 Å². The SMILES string of the molecule is CCCCCCN1C=CN(C)C1.CCOP(=O)(O)OCC. The van der Waals surface area contributed by atoms with Crippen molar-refractivity contribution in [2.45, 2.75) is 46.5 Å². The van der Waals surface area contributed by atoms with E-state index in [9.17, 15) is 4.57 Å². The molecular weight excluding hydrogens is 291 g/mol. The van der Waals surface area contributed by atoms with E-state index in [1.54, 1.807) is 13.8 Å².